The van der Waals surface area contributed by atoms with Crippen molar-refractivity contribution in [3.8, 4) is 11.3 Å². The molecule has 0 atom stereocenters. The summed E-state index contributed by atoms with van der Waals surface area (Å²) in [6.07, 6.45) is 0. The zero-order valence-corrected chi connectivity index (χ0v) is 7.71. The van der Waals surface area contributed by atoms with Crippen LogP contribution in [-0.4, -0.2) is 5.11 Å². The van der Waals surface area contributed by atoms with E-state index in [1.54, 1.807) is 0 Å². The largest absolute Gasteiger partial charge is 0.459 e. The van der Waals surface area contributed by atoms with E-state index in [-0.39, 0.29) is 17.9 Å². The number of benzene rings is 1. The van der Waals surface area contributed by atoms with Crippen molar-refractivity contribution in [2.24, 2.45) is 0 Å². The van der Waals surface area contributed by atoms with Crippen molar-refractivity contribution in [2.45, 2.75) is 6.61 Å². The van der Waals surface area contributed by atoms with E-state index in [9.17, 15) is 8.78 Å². The Bertz CT molecular complexity index is 477. The van der Waals surface area contributed by atoms with Gasteiger partial charge in [-0.25, -0.2) is 8.78 Å². The van der Waals surface area contributed by atoms with Crippen molar-refractivity contribution < 1.29 is 18.3 Å². The highest BCUT2D eigenvalue weighted by Crippen LogP contribution is 2.25. The number of halogens is 2. The molecule has 0 fully saturated rings. The lowest BCUT2D eigenvalue weighted by atomic mass is 10.1. The van der Waals surface area contributed by atoms with Crippen LogP contribution in [0.3, 0.4) is 0 Å². The highest BCUT2D eigenvalue weighted by Gasteiger charge is 2.10. The fourth-order valence-electron chi connectivity index (χ4n) is 1.29. The zero-order chi connectivity index (χ0) is 10.8. The van der Waals surface area contributed by atoms with Crippen molar-refractivity contribution >= 4 is 0 Å². The molecule has 0 aliphatic heterocycles. The summed E-state index contributed by atoms with van der Waals surface area (Å²) in [5, 5.41) is 8.76. The molecule has 0 unspecified atom stereocenters. The first-order chi connectivity index (χ1) is 7.20. The third-order valence-corrected chi connectivity index (χ3v) is 2.01. The van der Waals surface area contributed by atoms with Crippen LogP contribution < -0.4 is 0 Å². The fraction of sp³-hybridized carbons (Fsp3) is 0.0909. The van der Waals surface area contributed by atoms with Crippen LogP contribution in [0.4, 0.5) is 8.78 Å². The maximum Gasteiger partial charge on any atom is 0.137 e. The molecule has 1 N–H and O–H groups in total. The Morgan fingerprint density at radius 1 is 1.13 bits per heavy atom. The van der Waals surface area contributed by atoms with Gasteiger partial charge in [0, 0.05) is 0 Å². The summed E-state index contributed by atoms with van der Waals surface area (Å²) in [4.78, 5) is 0. The molecule has 0 aliphatic carbocycles. The average molecular weight is 210 g/mol. The van der Waals surface area contributed by atoms with Gasteiger partial charge in [0.05, 0.1) is 5.56 Å². The van der Waals surface area contributed by atoms with Crippen LogP contribution >= 0.6 is 0 Å². The number of aliphatic hydroxyl groups excluding tert-OH is 1. The Balaban J connectivity index is 2.48. The van der Waals surface area contributed by atoms with E-state index in [0.717, 1.165) is 18.2 Å². The first-order valence-corrected chi connectivity index (χ1v) is 4.35. The predicted molar refractivity (Wildman–Crippen MR) is 50.0 cm³/mol. The summed E-state index contributed by atoms with van der Waals surface area (Å²) in [5.41, 5.74) is 0.0506. The molecule has 0 amide bonds. The van der Waals surface area contributed by atoms with Gasteiger partial charge in [-0.3, -0.25) is 0 Å². The van der Waals surface area contributed by atoms with Gasteiger partial charge in [0.15, 0.2) is 0 Å². The Hall–Kier alpha value is -1.68. The van der Waals surface area contributed by atoms with Crippen molar-refractivity contribution in [3.63, 3.8) is 0 Å². The number of hydrogen-bond donors (Lipinski definition) is 1. The Morgan fingerprint density at radius 2 is 1.93 bits per heavy atom. The van der Waals surface area contributed by atoms with Crippen molar-refractivity contribution in [3.05, 3.63) is 47.7 Å². The molecule has 1 aromatic carbocycles. The summed E-state index contributed by atoms with van der Waals surface area (Å²) >= 11 is 0. The van der Waals surface area contributed by atoms with Crippen LogP contribution in [0.2, 0.25) is 0 Å². The first kappa shape index (κ1) is 9.86. The van der Waals surface area contributed by atoms with Crippen LogP contribution in [0.5, 0.6) is 0 Å². The van der Waals surface area contributed by atoms with Gasteiger partial charge in [0.2, 0.25) is 0 Å². The standard InChI is InChI=1S/C11H8F2O2/c12-7-1-3-10(13)9(5-7)11-4-2-8(6-14)15-11/h1-5,14H,6H2. The molecule has 0 radical (unpaired) electrons. The predicted octanol–water partition coefficient (Wildman–Crippen LogP) is 2.72. The monoisotopic (exact) mass is 210 g/mol. The van der Waals surface area contributed by atoms with Crippen LogP contribution in [0.1, 0.15) is 5.76 Å². The molecule has 0 saturated heterocycles. The maximum atomic E-state index is 13.3. The molecule has 0 spiro atoms. The van der Waals surface area contributed by atoms with E-state index in [2.05, 4.69) is 0 Å². The molecule has 2 rings (SSSR count). The molecule has 4 heteroatoms. The normalized spacial score (nSPS) is 10.6. The lowest BCUT2D eigenvalue weighted by Crippen LogP contribution is -1.84. The second kappa shape index (κ2) is 3.82. The number of rotatable bonds is 2. The van der Waals surface area contributed by atoms with E-state index in [4.69, 9.17) is 9.52 Å². The summed E-state index contributed by atoms with van der Waals surface area (Å²) in [6.45, 7) is -0.267. The smallest absolute Gasteiger partial charge is 0.137 e. The topological polar surface area (TPSA) is 33.4 Å². The van der Waals surface area contributed by atoms with E-state index in [1.165, 1.54) is 12.1 Å². The average Bonchev–Trinajstić information content (AvgIpc) is 2.70. The van der Waals surface area contributed by atoms with Crippen LogP contribution in [0.25, 0.3) is 11.3 Å². The van der Waals surface area contributed by atoms with Gasteiger partial charge in [0.25, 0.3) is 0 Å². The van der Waals surface area contributed by atoms with Gasteiger partial charge in [-0.15, -0.1) is 0 Å². The molecule has 2 aromatic rings. The summed E-state index contributed by atoms with van der Waals surface area (Å²) in [6, 6.07) is 6.12. The van der Waals surface area contributed by atoms with Gasteiger partial charge in [0.1, 0.15) is 29.8 Å². The van der Waals surface area contributed by atoms with E-state index >= 15 is 0 Å². The fourth-order valence-corrected chi connectivity index (χ4v) is 1.29. The molecule has 0 aliphatic rings. The third-order valence-electron chi connectivity index (χ3n) is 2.01. The van der Waals surface area contributed by atoms with E-state index in [0.29, 0.717) is 5.76 Å². The molecule has 0 saturated carbocycles. The molecule has 2 nitrogen and oxygen atoms in total. The van der Waals surface area contributed by atoms with Gasteiger partial charge < -0.3 is 9.52 Å². The second-order valence-corrected chi connectivity index (χ2v) is 3.05. The molecular formula is C11H8F2O2. The van der Waals surface area contributed by atoms with Gasteiger partial charge in [-0.2, -0.15) is 0 Å². The summed E-state index contributed by atoms with van der Waals surface area (Å²) in [5.74, 6) is -0.576. The summed E-state index contributed by atoms with van der Waals surface area (Å²) in [7, 11) is 0. The Morgan fingerprint density at radius 3 is 2.60 bits per heavy atom. The van der Waals surface area contributed by atoms with Gasteiger partial charge >= 0.3 is 0 Å². The minimum atomic E-state index is -0.560. The third kappa shape index (κ3) is 1.89. The molecule has 0 bridgehead atoms. The number of furan rings is 1. The van der Waals surface area contributed by atoms with Crippen LogP contribution in [0.15, 0.2) is 34.7 Å². The minimum Gasteiger partial charge on any atom is -0.459 e. The SMILES string of the molecule is OCc1ccc(-c2cc(F)ccc2F)o1. The number of hydrogen-bond acceptors (Lipinski definition) is 2. The van der Waals surface area contributed by atoms with Gasteiger partial charge in [-0.1, -0.05) is 0 Å². The van der Waals surface area contributed by atoms with Crippen LogP contribution in [-0.2, 0) is 6.61 Å². The Labute approximate surface area is 84.8 Å². The lowest BCUT2D eigenvalue weighted by molar-refractivity contribution is 0.248. The van der Waals surface area contributed by atoms with E-state index in [1.807, 2.05) is 0 Å². The van der Waals surface area contributed by atoms with Crippen molar-refractivity contribution in [2.75, 3.05) is 0 Å². The van der Waals surface area contributed by atoms with Crippen molar-refractivity contribution in [1.82, 2.24) is 0 Å². The molecule has 15 heavy (non-hydrogen) atoms. The highest BCUT2D eigenvalue weighted by molar-refractivity contribution is 5.58. The maximum absolute atomic E-state index is 13.3. The van der Waals surface area contributed by atoms with Crippen LogP contribution in [0, 0.1) is 11.6 Å². The number of aliphatic hydroxyl groups is 1. The first-order valence-electron chi connectivity index (χ1n) is 4.35. The Kier molecular flexibility index (Phi) is 2.51. The summed E-state index contributed by atoms with van der Waals surface area (Å²) < 4.78 is 31.2. The zero-order valence-electron chi connectivity index (χ0n) is 7.71. The lowest BCUT2D eigenvalue weighted by Gasteiger charge is -1.99. The molecule has 1 heterocycles. The quantitative estimate of drug-likeness (QED) is 0.826. The van der Waals surface area contributed by atoms with Gasteiger partial charge in [-0.05, 0) is 30.3 Å². The second-order valence-electron chi connectivity index (χ2n) is 3.05. The molecule has 1 aromatic heterocycles. The minimum absolute atomic E-state index is 0.0506. The van der Waals surface area contributed by atoms with E-state index < -0.39 is 11.6 Å². The van der Waals surface area contributed by atoms with Crippen molar-refractivity contribution in [1.29, 1.82) is 0 Å². The highest BCUT2D eigenvalue weighted by atomic mass is 19.1. The molecule has 78 valence electrons. The molecular weight excluding hydrogens is 202 g/mol.